The van der Waals surface area contributed by atoms with Crippen LogP contribution in [0.3, 0.4) is 0 Å². The van der Waals surface area contributed by atoms with E-state index in [1.807, 2.05) is 24.3 Å². The topological polar surface area (TPSA) is 88.4 Å². The molecule has 0 bridgehead atoms. The number of fused-ring (bicyclic) bond motifs is 3. The number of hydrogen-bond donors (Lipinski definition) is 2. The zero-order valence-electron chi connectivity index (χ0n) is 17.0. The highest BCUT2D eigenvalue weighted by Crippen LogP contribution is 2.38. The molecule has 0 radical (unpaired) electrons. The number of amides is 2. The Kier molecular flexibility index (Phi) is 5.29. The molecule has 8 heteroatoms. The summed E-state index contributed by atoms with van der Waals surface area (Å²) >= 11 is 12.6. The van der Waals surface area contributed by atoms with Crippen LogP contribution in [0.5, 0.6) is 0 Å². The summed E-state index contributed by atoms with van der Waals surface area (Å²) in [6.45, 7) is 2.20. The van der Waals surface area contributed by atoms with Crippen LogP contribution in [0, 0.1) is 0 Å². The number of carbonyl (C=O) groups excluding carboxylic acids is 2. The van der Waals surface area contributed by atoms with Gasteiger partial charge in [-0.25, -0.2) is 0 Å². The molecule has 1 aliphatic heterocycles. The van der Waals surface area contributed by atoms with E-state index in [1.165, 1.54) is 0 Å². The van der Waals surface area contributed by atoms with Crippen molar-refractivity contribution in [3.63, 3.8) is 0 Å². The number of aromatic nitrogens is 1. The Hall–Kier alpha value is -3.06. The quantitative estimate of drug-likeness (QED) is 0.450. The van der Waals surface area contributed by atoms with Crippen LogP contribution in [0.25, 0.3) is 32.9 Å². The highest BCUT2D eigenvalue weighted by molar-refractivity contribution is 6.43. The molecular weight excluding hydrogens is 449 g/mol. The molecule has 0 aliphatic carbocycles. The second-order valence-electron chi connectivity index (χ2n) is 7.70. The van der Waals surface area contributed by atoms with Gasteiger partial charge in [0.05, 0.1) is 34.3 Å². The lowest BCUT2D eigenvalue weighted by Crippen LogP contribution is -2.40. The number of morpholine rings is 1. The molecule has 162 valence electrons. The van der Waals surface area contributed by atoms with E-state index in [0.29, 0.717) is 64.1 Å². The van der Waals surface area contributed by atoms with Crippen molar-refractivity contribution in [3.05, 3.63) is 69.7 Å². The fraction of sp³-hybridized carbons (Fsp3) is 0.167. The van der Waals surface area contributed by atoms with Crippen LogP contribution in [0.15, 0.2) is 48.5 Å². The number of benzene rings is 3. The van der Waals surface area contributed by atoms with Gasteiger partial charge in [0.2, 0.25) is 0 Å². The fourth-order valence-electron chi connectivity index (χ4n) is 4.16. The van der Waals surface area contributed by atoms with E-state index in [4.69, 9.17) is 33.7 Å². The van der Waals surface area contributed by atoms with Gasteiger partial charge in [-0.2, -0.15) is 0 Å². The molecule has 1 aliphatic rings. The maximum atomic E-state index is 13.0. The van der Waals surface area contributed by atoms with Gasteiger partial charge < -0.3 is 20.4 Å². The molecule has 0 spiro atoms. The first-order valence-corrected chi connectivity index (χ1v) is 10.9. The molecule has 1 fully saturated rings. The lowest BCUT2D eigenvalue weighted by molar-refractivity contribution is 0.0303. The van der Waals surface area contributed by atoms with Gasteiger partial charge in [0.1, 0.15) is 0 Å². The van der Waals surface area contributed by atoms with Crippen molar-refractivity contribution in [2.75, 3.05) is 26.3 Å². The van der Waals surface area contributed by atoms with Gasteiger partial charge in [-0.1, -0.05) is 35.3 Å². The van der Waals surface area contributed by atoms with Crippen molar-refractivity contribution in [1.29, 1.82) is 0 Å². The standard InChI is InChI=1S/C24H19Cl2N3O3/c25-19-3-1-2-15(21(19)26)14-11-17-16-10-13(24(31)29-6-8-32-9-7-29)4-5-20(16)28-22(17)18(12-14)23(27)30/h1-5,10-12,28H,6-9H2,(H2,27,30). The summed E-state index contributed by atoms with van der Waals surface area (Å²) in [5.74, 6) is -0.611. The number of nitrogens with two attached hydrogens (primary N) is 1. The number of nitrogens with zero attached hydrogens (tertiary/aromatic N) is 1. The van der Waals surface area contributed by atoms with Gasteiger partial charge in [0.25, 0.3) is 11.8 Å². The third kappa shape index (κ3) is 3.50. The number of primary amides is 1. The van der Waals surface area contributed by atoms with Gasteiger partial charge in [0, 0.05) is 40.5 Å². The molecule has 1 saturated heterocycles. The summed E-state index contributed by atoms with van der Waals surface area (Å²) in [6.07, 6.45) is 0. The zero-order chi connectivity index (χ0) is 22.4. The number of ether oxygens (including phenoxy) is 1. The second-order valence-corrected chi connectivity index (χ2v) is 8.49. The summed E-state index contributed by atoms with van der Waals surface area (Å²) in [4.78, 5) is 30.3. The maximum Gasteiger partial charge on any atom is 0.254 e. The van der Waals surface area contributed by atoms with Crippen LogP contribution < -0.4 is 5.73 Å². The minimum absolute atomic E-state index is 0.0475. The molecule has 3 aromatic carbocycles. The van der Waals surface area contributed by atoms with E-state index in [1.54, 1.807) is 29.2 Å². The second kappa shape index (κ2) is 8.13. The Bertz CT molecular complexity index is 1390. The average molecular weight is 468 g/mol. The Morgan fingerprint density at radius 3 is 2.53 bits per heavy atom. The van der Waals surface area contributed by atoms with E-state index in [9.17, 15) is 9.59 Å². The molecule has 4 aromatic rings. The first-order chi connectivity index (χ1) is 15.4. The van der Waals surface area contributed by atoms with Gasteiger partial charge in [-0.15, -0.1) is 0 Å². The molecule has 1 aromatic heterocycles. The minimum Gasteiger partial charge on any atom is -0.378 e. The molecule has 0 unspecified atom stereocenters. The van der Waals surface area contributed by atoms with Gasteiger partial charge in [-0.05, 0) is 42.0 Å². The summed E-state index contributed by atoms with van der Waals surface area (Å²) in [7, 11) is 0. The van der Waals surface area contributed by atoms with E-state index in [-0.39, 0.29) is 5.91 Å². The van der Waals surface area contributed by atoms with Gasteiger partial charge in [0.15, 0.2) is 0 Å². The largest absolute Gasteiger partial charge is 0.378 e. The number of halogens is 2. The van der Waals surface area contributed by atoms with Crippen molar-refractivity contribution in [2.45, 2.75) is 0 Å². The number of H-pyrrole nitrogens is 1. The Balaban J connectivity index is 1.71. The van der Waals surface area contributed by atoms with Crippen LogP contribution >= 0.6 is 23.2 Å². The third-order valence-corrected chi connectivity index (χ3v) is 6.60. The number of hydrogen-bond acceptors (Lipinski definition) is 3. The molecule has 3 N–H and O–H groups in total. The van der Waals surface area contributed by atoms with Crippen LogP contribution in [-0.4, -0.2) is 48.0 Å². The molecule has 0 saturated carbocycles. The monoisotopic (exact) mass is 467 g/mol. The first-order valence-electron chi connectivity index (χ1n) is 10.1. The molecule has 6 nitrogen and oxygen atoms in total. The highest BCUT2D eigenvalue weighted by Gasteiger charge is 2.21. The smallest absolute Gasteiger partial charge is 0.254 e. The van der Waals surface area contributed by atoms with Gasteiger partial charge in [-0.3, -0.25) is 9.59 Å². The summed E-state index contributed by atoms with van der Waals surface area (Å²) in [5, 5.41) is 2.41. The minimum atomic E-state index is -0.564. The van der Waals surface area contributed by atoms with E-state index >= 15 is 0 Å². The predicted molar refractivity (Wildman–Crippen MR) is 127 cm³/mol. The van der Waals surface area contributed by atoms with Crippen LogP contribution in [0.4, 0.5) is 0 Å². The average Bonchev–Trinajstić information content (AvgIpc) is 3.18. The van der Waals surface area contributed by atoms with Crippen molar-refractivity contribution in [1.82, 2.24) is 9.88 Å². The number of nitrogens with one attached hydrogen (secondary N) is 1. The number of carbonyl (C=O) groups is 2. The SMILES string of the molecule is NC(=O)c1cc(-c2cccc(Cl)c2Cl)cc2c1[nH]c1ccc(C(=O)N3CCOCC3)cc12. The predicted octanol–water partition coefficient (Wildman–Crippen LogP) is 4.87. The number of rotatable bonds is 3. The normalized spacial score (nSPS) is 14.2. The fourth-order valence-corrected chi connectivity index (χ4v) is 4.57. The van der Waals surface area contributed by atoms with Crippen molar-refractivity contribution >= 4 is 56.8 Å². The number of aromatic amines is 1. The summed E-state index contributed by atoms with van der Waals surface area (Å²) in [5.41, 5.74) is 9.44. The highest BCUT2D eigenvalue weighted by atomic mass is 35.5. The first kappa shape index (κ1) is 20.8. The van der Waals surface area contributed by atoms with E-state index < -0.39 is 5.91 Å². The Morgan fingerprint density at radius 2 is 1.78 bits per heavy atom. The maximum absolute atomic E-state index is 13.0. The Morgan fingerprint density at radius 1 is 1.00 bits per heavy atom. The lowest BCUT2D eigenvalue weighted by atomic mass is 9.98. The molecule has 32 heavy (non-hydrogen) atoms. The van der Waals surface area contributed by atoms with Crippen LogP contribution in [-0.2, 0) is 4.74 Å². The molecule has 2 amide bonds. The molecule has 2 heterocycles. The lowest BCUT2D eigenvalue weighted by Gasteiger charge is -2.26. The van der Waals surface area contributed by atoms with Crippen molar-refractivity contribution < 1.29 is 14.3 Å². The van der Waals surface area contributed by atoms with Crippen molar-refractivity contribution in [2.24, 2.45) is 5.73 Å². The third-order valence-electron chi connectivity index (χ3n) is 5.78. The molecular formula is C24H19Cl2N3O3. The van der Waals surface area contributed by atoms with E-state index in [2.05, 4.69) is 4.98 Å². The molecule has 5 rings (SSSR count). The van der Waals surface area contributed by atoms with E-state index in [0.717, 1.165) is 16.3 Å². The summed E-state index contributed by atoms with van der Waals surface area (Å²) in [6, 6.07) is 14.5. The molecule has 0 atom stereocenters. The van der Waals surface area contributed by atoms with Crippen molar-refractivity contribution in [3.8, 4) is 11.1 Å². The Labute approximate surface area is 193 Å². The van der Waals surface area contributed by atoms with Crippen LogP contribution in [0.2, 0.25) is 10.0 Å². The zero-order valence-corrected chi connectivity index (χ0v) is 18.5. The summed E-state index contributed by atoms with van der Waals surface area (Å²) < 4.78 is 5.35. The van der Waals surface area contributed by atoms with Crippen LogP contribution in [0.1, 0.15) is 20.7 Å². The van der Waals surface area contributed by atoms with Gasteiger partial charge >= 0.3 is 0 Å².